The molecule has 0 amide bonds. The number of rotatable bonds is 3. The lowest BCUT2D eigenvalue weighted by Gasteiger charge is -2.18. The molecule has 1 N–H and O–H groups in total. The summed E-state index contributed by atoms with van der Waals surface area (Å²) in [5, 5.41) is 0. The van der Waals surface area contributed by atoms with E-state index in [9.17, 15) is 0 Å². The molecule has 1 unspecified atom stereocenters. The largest absolute Gasteiger partial charge is 0.497 e. The second-order valence-electron chi connectivity index (χ2n) is 3.89. The van der Waals surface area contributed by atoms with Gasteiger partial charge in [-0.3, -0.25) is 0 Å². The van der Waals surface area contributed by atoms with Crippen LogP contribution in [0.3, 0.4) is 0 Å². The first-order valence-corrected chi connectivity index (χ1v) is 6.34. The van der Waals surface area contributed by atoms with Gasteiger partial charge in [-0.05, 0) is 40.9 Å². The lowest BCUT2D eigenvalue weighted by atomic mass is 10.0. The van der Waals surface area contributed by atoms with E-state index in [2.05, 4.69) is 21.4 Å². The number of halogens is 1. The SMILES string of the molecule is CONC1CCCOc2c(Br)cc(OC)cc21. The zero-order chi connectivity index (χ0) is 12.3. The fourth-order valence-electron chi connectivity index (χ4n) is 2.00. The third-order valence-corrected chi connectivity index (χ3v) is 3.39. The smallest absolute Gasteiger partial charge is 0.138 e. The molecule has 1 heterocycles. The van der Waals surface area contributed by atoms with Gasteiger partial charge in [0.25, 0.3) is 0 Å². The molecular formula is C12H16BrNO3. The van der Waals surface area contributed by atoms with Crippen LogP contribution in [0.25, 0.3) is 0 Å². The molecule has 0 saturated carbocycles. The Kier molecular flexibility index (Phi) is 4.25. The molecule has 0 aliphatic carbocycles. The second kappa shape index (κ2) is 5.71. The number of benzene rings is 1. The van der Waals surface area contributed by atoms with Gasteiger partial charge in [0.2, 0.25) is 0 Å². The summed E-state index contributed by atoms with van der Waals surface area (Å²) < 4.78 is 11.9. The van der Waals surface area contributed by atoms with Gasteiger partial charge in [0, 0.05) is 5.56 Å². The molecule has 1 aromatic rings. The van der Waals surface area contributed by atoms with Gasteiger partial charge < -0.3 is 14.3 Å². The summed E-state index contributed by atoms with van der Waals surface area (Å²) in [5.41, 5.74) is 4.07. The molecule has 0 bridgehead atoms. The Bertz CT molecular complexity index is 398. The Morgan fingerprint density at radius 2 is 2.24 bits per heavy atom. The van der Waals surface area contributed by atoms with Crippen LogP contribution in [0, 0.1) is 0 Å². The minimum atomic E-state index is 0.129. The van der Waals surface area contributed by atoms with Gasteiger partial charge in [-0.2, -0.15) is 5.48 Å². The molecule has 2 rings (SSSR count). The Labute approximate surface area is 109 Å². The topological polar surface area (TPSA) is 39.7 Å². The van der Waals surface area contributed by atoms with E-state index in [1.54, 1.807) is 14.2 Å². The lowest BCUT2D eigenvalue weighted by molar-refractivity contribution is 0.0579. The third-order valence-electron chi connectivity index (χ3n) is 2.80. The van der Waals surface area contributed by atoms with E-state index in [-0.39, 0.29) is 6.04 Å². The molecule has 1 atom stereocenters. The predicted octanol–water partition coefficient (Wildman–Crippen LogP) is 2.82. The second-order valence-corrected chi connectivity index (χ2v) is 4.75. The van der Waals surface area contributed by atoms with Crippen molar-refractivity contribution in [3.63, 3.8) is 0 Å². The molecule has 94 valence electrons. The van der Waals surface area contributed by atoms with Crippen LogP contribution in [0.15, 0.2) is 16.6 Å². The van der Waals surface area contributed by atoms with Gasteiger partial charge in [-0.25, -0.2) is 0 Å². The highest BCUT2D eigenvalue weighted by Crippen LogP contribution is 2.40. The van der Waals surface area contributed by atoms with Crippen molar-refractivity contribution in [2.45, 2.75) is 18.9 Å². The predicted molar refractivity (Wildman–Crippen MR) is 68.3 cm³/mol. The summed E-state index contributed by atoms with van der Waals surface area (Å²) in [6, 6.07) is 4.03. The summed E-state index contributed by atoms with van der Waals surface area (Å²) in [7, 11) is 3.28. The summed E-state index contributed by atoms with van der Waals surface area (Å²) in [5.74, 6) is 1.68. The van der Waals surface area contributed by atoms with E-state index in [1.807, 2.05) is 12.1 Å². The Balaban J connectivity index is 2.43. The van der Waals surface area contributed by atoms with Crippen molar-refractivity contribution in [1.29, 1.82) is 0 Å². The van der Waals surface area contributed by atoms with Gasteiger partial charge in [0.05, 0.1) is 31.3 Å². The number of hydrogen-bond donors (Lipinski definition) is 1. The highest BCUT2D eigenvalue weighted by atomic mass is 79.9. The van der Waals surface area contributed by atoms with Crippen LogP contribution < -0.4 is 15.0 Å². The Morgan fingerprint density at radius 3 is 2.94 bits per heavy atom. The van der Waals surface area contributed by atoms with E-state index in [4.69, 9.17) is 14.3 Å². The number of nitrogens with one attached hydrogen (secondary N) is 1. The molecule has 0 aromatic heterocycles. The molecule has 1 aliphatic heterocycles. The fraction of sp³-hybridized carbons (Fsp3) is 0.500. The molecule has 5 heteroatoms. The van der Waals surface area contributed by atoms with E-state index in [1.165, 1.54) is 0 Å². The van der Waals surface area contributed by atoms with Crippen molar-refractivity contribution in [1.82, 2.24) is 5.48 Å². The van der Waals surface area contributed by atoms with Crippen molar-refractivity contribution in [2.75, 3.05) is 20.8 Å². The van der Waals surface area contributed by atoms with Crippen LogP contribution in [0.5, 0.6) is 11.5 Å². The van der Waals surface area contributed by atoms with E-state index in [0.717, 1.165) is 41.0 Å². The number of methoxy groups -OCH3 is 1. The van der Waals surface area contributed by atoms with Crippen LogP contribution in [-0.2, 0) is 4.84 Å². The monoisotopic (exact) mass is 301 g/mol. The maximum absolute atomic E-state index is 5.76. The first-order valence-electron chi connectivity index (χ1n) is 5.55. The summed E-state index contributed by atoms with van der Waals surface area (Å²) in [6.45, 7) is 0.722. The number of hydrogen-bond acceptors (Lipinski definition) is 4. The molecule has 17 heavy (non-hydrogen) atoms. The lowest BCUT2D eigenvalue weighted by Crippen LogP contribution is -2.19. The van der Waals surface area contributed by atoms with E-state index in [0.29, 0.717) is 0 Å². The van der Waals surface area contributed by atoms with Crippen molar-refractivity contribution in [2.24, 2.45) is 0 Å². The average Bonchev–Trinajstić information content (AvgIpc) is 2.53. The molecule has 1 aromatic carbocycles. The quantitative estimate of drug-likeness (QED) is 0.872. The average molecular weight is 302 g/mol. The standard InChI is InChI=1S/C12H16BrNO3/c1-15-8-6-9-11(14-16-2)4-3-5-17-12(9)10(13)7-8/h6-7,11,14H,3-5H2,1-2H3. The zero-order valence-electron chi connectivity index (χ0n) is 9.96. The van der Waals surface area contributed by atoms with Crippen LogP contribution in [0.4, 0.5) is 0 Å². The maximum Gasteiger partial charge on any atom is 0.138 e. The number of fused-ring (bicyclic) bond motifs is 1. The molecule has 0 radical (unpaired) electrons. The van der Waals surface area contributed by atoms with Crippen LogP contribution in [-0.4, -0.2) is 20.8 Å². The maximum atomic E-state index is 5.76. The number of hydroxylamine groups is 1. The minimum Gasteiger partial charge on any atom is -0.497 e. The molecule has 1 aliphatic rings. The molecule has 4 nitrogen and oxygen atoms in total. The van der Waals surface area contributed by atoms with Crippen LogP contribution in [0.2, 0.25) is 0 Å². The van der Waals surface area contributed by atoms with Gasteiger partial charge in [0.15, 0.2) is 0 Å². The van der Waals surface area contributed by atoms with Crippen LogP contribution in [0.1, 0.15) is 24.4 Å². The molecule has 0 saturated heterocycles. The van der Waals surface area contributed by atoms with Crippen molar-refractivity contribution >= 4 is 15.9 Å². The van der Waals surface area contributed by atoms with Crippen molar-refractivity contribution in [3.05, 3.63) is 22.2 Å². The van der Waals surface area contributed by atoms with Gasteiger partial charge in [0.1, 0.15) is 11.5 Å². The highest BCUT2D eigenvalue weighted by molar-refractivity contribution is 9.10. The van der Waals surface area contributed by atoms with Crippen LogP contribution >= 0.6 is 15.9 Å². The molecular weight excluding hydrogens is 286 g/mol. The van der Waals surface area contributed by atoms with Gasteiger partial charge >= 0.3 is 0 Å². The summed E-state index contributed by atoms with van der Waals surface area (Å²) >= 11 is 3.51. The summed E-state index contributed by atoms with van der Waals surface area (Å²) in [6.07, 6.45) is 1.96. The van der Waals surface area contributed by atoms with Gasteiger partial charge in [-0.1, -0.05) is 0 Å². The van der Waals surface area contributed by atoms with E-state index < -0.39 is 0 Å². The highest BCUT2D eigenvalue weighted by Gasteiger charge is 2.22. The third kappa shape index (κ3) is 2.73. The molecule has 0 fully saturated rings. The Morgan fingerprint density at radius 1 is 1.41 bits per heavy atom. The first kappa shape index (κ1) is 12.7. The molecule has 0 spiro atoms. The Hall–Kier alpha value is -0.780. The first-order chi connectivity index (χ1) is 8.26. The van der Waals surface area contributed by atoms with E-state index >= 15 is 0 Å². The summed E-state index contributed by atoms with van der Waals surface area (Å²) in [4.78, 5) is 5.05. The van der Waals surface area contributed by atoms with Crippen molar-refractivity contribution < 1.29 is 14.3 Å². The number of ether oxygens (including phenoxy) is 2. The van der Waals surface area contributed by atoms with Gasteiger partial charge in [-0.15, -0.1) is 0 Å². The normalized spacial score (nSPS) is 19.1. The minimum absolute atomic E-state index is 0.129. The zero-order valence-corrected chi connectivity index (χ0v) is 11.5. The van der Waals surface area contributed by atoms with Crippen molar-refractivity contribution in [3.8, 4) is 11.5 Å². The fourth-order valence-corrected chi connectivity index (χ4v) is 2.57.